The Kier molecular flexibility index (Phi) is 4.85. The number of para-hydroxylation sites is 1. The van der Waals surface area contributed by atoms with Crippen LogP contribution in [-0.2, 0) is 0 Å². The van der Waals surface area contributed by atoms with Gasteiger partial charge in [-0.05, 0) is 50.5 Å². The third kappa shape index (κ3) is 3.19. The van der Waals surface area contributed by atoms with Crippen molar-refractivity contribution < 1.29 is 14.1 Å². The molecule has 2 aliphatic heterocycles. The maximum absolute atomic E-state index is 6.10. The van der Waals surface area contributed by atoms with Crippen molar-refractivity contribution in [2.75, 3.05) is 11.6 Å². The van der Waals surface area contributed by atoms with Gasteiger partial charge in [0.25, 0.3) is 0 Å². The normalized spacial score (nSPS) is 21.7. The molecule has 1 fully saturated rings. The van der Waals surface area contributed by atoms with E-state index in [1.807, 2.05) is 74.3 Å². The number of hydrogen-bond acceptors (Lipinski definition) is 5. The number of nitrogens with zero attached hydrogens (tertiary/aromatic N) is 4. The Morgan fingerprint density at radius 1 is 1.07 bits per heavy atom. The van der Waals surface area contributed by atoms with Crippen molar-refractivity contribution in [1.82, 2.24) is 0 Å². The second-order valence-electron chi connectivity index (χ2n) is 7.54. The van der Waals surface area contributed by atoms with Gasteiger partial charge in [0.15, 0.2) is 11.9 Å². The molecule has 0 amide bonds. The first kappa shape index (κ1) is 18.6. The van der Waals surface area contributed by atoms with E-state index in [1.165, 1.54) is 6.42 Å². The van der Waals surface area contributed by atoms with Gasteiger partial charge in [0.1, 0.15) is 17.2 Å². The lowest BCUT2D eigenvalue weighted by Crippen LogP contribution is -2.61. The van der Waals surface area contributed by atoms with Crippen LogP contribution in [0.15, 0.2) is 82.8 Å². The fourth-order valence-electron chi connectivity index (χ4n) is 4.05. The fourth-order valence-corrected chi connectivity index (χ4v) is 4.05. The van der Waals surface area contributed by atoms with Gasteiger partial charge in [0.05, 0.1) is 31.3 Å². The lowest BCUT2D eigenvalue weighted by Gasteiger charge is -2.47. The number of fused-ring (bicyclic) bond motifs is 1. The summed E-state index contributed by atoms with van der Waals surface area (Å²) in [5.74, 6) is 2.36. The molecule has 0 N–H and O–H groups in total. The molecule has 0 bridgehead atoms. The summed E-state index contributed by atoms with van der Waals surface area (Å²) in [4.78, 5) is 8.79. The Bertz CT molecular complexity index is 1040. The van der Waals surface area contributed by atoms with E-state index in [2.05, 4.69) is 27.3 Å². The zero-order valence-electron chi connectivity index (χ0n) is 17.0. The van der Waals surface area contributed by atoms with E-state index in [4.69, 9.17) is 9.47 Å². The minimum absolute atomic E-state index is 0.397. The quantitative estimate of drug-likeness (QED) is 0.583. The summed E-state index contributed by atoms with van der Waals surface area (Å²) in [5.41, 5.74) is 2.05. The van der Waals surface area contributed by atoms with E-state index in [9.17, 15) is 0 Å². The van der Waals surface area contributed by atoms with Crippen molar-refractivity contribution in [3.63, 3.8) is 0 Å². The summed E-state index contributed by atoms with van der Waals surface area (Å²) in [5, 5.41) is 2.39. The van der Waals surface area contributed by atoms with Gasteiger partial charge in [0.2, 0.25) is 12.0 Å². The standard InChI is InChI=1S/C24H25N4O2/c1-2-29-24-15-22(30-21-9-4-3-5-10-21)11-12-23(24)27(19-7-6-8-19)28-14-13-25-16-20(28)17-26-18-28/h3-5,9-19H,2,6-8H2,1H3/q+1. The Morgan fingerprint density at radius 2 is 1.93 bits per heavy atom. The minimum atomic E-state index is 0.397. The lowest BCUT2D eigenvalue weighted by molar-refractivity contribution is -0.746. The third-order valence-electron chi connectivity index (χ3n) is 5.68. The molecule has 0 spiro atoms. The predicted octanol–water partition coefficient (Wildman–Crippen LogP) is 5.41. The molecule has 2 heterocycles. The van der Waals surface area contributed by atoms with E-state index in [0.29, 0.717) is 17.2 Å². The molecule has 1 saturated carbocycles. The number of quaternary nitrogens is 1. The Balaban J connectivity index is 1.56. The van der Waals surface area contributed by atoms with Crippen molar-refractivity contribution in [3.8, 4) is 17.2 Å². The van der Waals surface area contributed by atoms with Crippen molar-refractivity contribution in [2.24, 2.45) is 9.98 Å². The molecule has 1 atom stereocenters. The summed E-state index contributed by atoms with van der Waals surface area (Å²) in [6.45, 7) is 2.58. The topological polar surface area (TPSA) is 46.4 Å². The number of aliphatic imine (C=N–C) groups is 2. The van der Waals surface area contributed by atoms with Crippen LogP contribution < -0.4 is 14.5 Å². The molecular weight excluding hydrogens is 376 g/mol. The van der Waals surface area contributed by atoms with Crippen LogP contribution in [-0.4, -0.2) is 29.8 Å². The first-order valence-electron chi connectivity index (χ1n) is 10.4. The molecule has 2 aromatic rings. The summed E-state index contributed by atoms with van der Waals surface area (Å²) >= 11 is 0. The fraction of sp³-hybridized carbons (Fsp3) is 0.250. The molecule has 3 aliphatic rings. The highest BCUT2D eigenvalue weighted by Crippen LogP contribution is 2.44. The van der Waals surface area contributed by atoms with E-state index >= 15 is 0 Å². The second-order valence-corrected chi connectivity index (χ2v) is 7.54. The minimum Gasteiger partial charge on any atom is -0.491 e. The molecular formula is C24H25N4O2+. The molecule has 6 heteroatoms. The monoisotopic (exact) mass is 401 g/mol. The average molecular weight is 401 g/mol. The highest BCUT2D eigenvalue weighted by Gasteiger charge is 2.47. The summed E-state index contributed by atoms with van der Waals surface area (Å²) in [7, 11) is 0. The van der Waals surface area contributed by atoms with Crippen LogP contribution in [0.3, 0.4) is 0 Å². The number of allylic oxidation sites excluding steroid dienone is 1. The zero-order valence-corrected chi connectivity index (χ0v) is 17.0. The number of rotatable bonds is 7. The molecule has 0 radical (unpaired) electrons. The maximum Gasteiger partial charge on any atom is 0.225 e. The molecule has 0 saturated heterocycles. The van der Waals surface area contributed by atoms with Crippen LogP contribution in [0.4, 0.5) is 5.69 Å². The van der Waals surface area contributed by atoms with Gasteiger partial charge in [-0.25, -0.2) is 10.0 Å². The number of hydrogen-bond donors (Lipinski definition) is 0. The van der Waals surface area contributed by atoms with Crippen LogP contribution in [0.2, 0.25) is 0 Å². The molecule has 30 heavy (non-hydrogen) atoms. The number of anilines is 1. The Labute approximate surface area is 176 Å². The van der Waals surface area contributed by atoms with Crippen LogP contribution >= 0.6 is 0 Å². The Morgan fingerprint density at radius 3 is 2.70 bits per heavy atom. The highest BCUT2D eigenvalue weighted by molar-refractivity contribution is 5.82. The Hall–Kier alpha value is -3.38. The maximum atomic E-state index is 6.10. The van der Waals surface area contributed by atoms with Gasteiger partial charge < -0.3 is 9.47 Å². The highest BCUT2D eigenvalue weighted by atomic mass is 16.5. The molecule has 5 rings (SSSR count). The SMILES string of the molecule is CCOc1cc(Oc2ccccc2)ccc1N(C1CCC1)[N+]12C=CN=CC1=CN=C2. The molecule has 2 aromatic carbocycles. The molecule has 152 valence electrons. The number of benzene rings is 2. The summed E-state index contributed by atoms with van der Waals surface area (Å²) in [6, 6.07) is 16.3. The van der Waals surface area contributed by atoms with E-state index in [-0.39, 0.29) is 0 Å². The van der Waals surface area contributed by atoms with Gasteiger partial charge in [-0.2, -0.15) is 0 Å². The zero-order chi connectivity index (χ0) is 20.4. The van der Waals surface area contributed by atoms with Gasteiger partial charge in [0, 0.05) is 6.07 Å². The largest absolute Gasteiger partial charge is 0.491 e. The molecule has 6 nitrogen and oxygen atoms in total. The van der Waals surface area contributed by atoms with Gasteiger partial charge in [-0.15, -0.1) is 4.59 Å². The summed E-state index contributed by atoms with van der Waals surface area (Å²) in [6.07, 6.45) is 13.1. The van der Waals surface area contributed by atoms with Gasteiger partial charge in [-0.3, -0.25) is 4.99 Å². The predicted molar refractivity (Wildman–Crippen MR) is 119 cm³/mol. The molecule has 1 unspecified atom stereocenters. The van der Waals surface area contributed by atoms with Crippen molar-refractivity contribution in [2.45, 2.75) is 32.2 Å². The molecule has 1 aliphatic carbocycles. The van der Waals surface area contributed by atoms with Crippen LogP contribution in [0.1, 0.15) is 26.2 Å². The summed E-state index contributed by atoms with van der Waals surface area (Å²) < 4.78 is 12.6. The molecule has 0 aromatic heterocycles. The third-order valence-corrected chi connectivity index (χ3v) is 5.68. The smallest absolute Gasteiger partial charge is 0.225 e. The lowest BCUT2D eigenvalue weighted by atomic mass is 9.91. The van der Waals surface area contributed by atoms with E-state index in [0.717, 1.165) is 41.5 Å². The first-order valence-corrected chi connectivity index (χ1v) is 10.4. The van der Waals surface area contributed by atoms with Crippen LogP contribution in [0.25, 0.3) is 0 Å². The van der Waals surface area contributed by atoms with Crippen LogP contribution in [0.5, 0.6) is 17.2 Å². The average Bonchev–Trinajstić information content (AvgIpc) is 3.17. The van der Waals surface area contributed by atoms with E-state index < -0.39 is 0 Å². The van der Waals surface area contributed by atoms with Gasteiger partial charge >= 0.3 is 0 Å². The van der Waals surface area contributed by atoms with Crippen molar-refractivity contribution in [3.05, 3.63) is 72.8 Å². The first-order chi connectivity index (χ1) is 14.8. The van der Waals surface area contributed by atoms with Gasteiger partial charge in [-0.1, -0.05) is 18.2 Å². The second kappa shape index (κ2) is 7.80. The number of ether oxygens (including phenoxy) is 2. The van der Waals surface area contributed by atoms with E-state index in [1.54, 1.807) is 0 Å². The van der Waals surface area contributed by atoms with Crippen molar-refractivity contribution in [1.29, 1.82) is 0 Å². The van der Waals surface area contributed by atoms with Crippen molar-refractivity contribution >= 4 is 18.2 Å². The van der Waals surface area contributed by atoms with Crippen LogP contribution in [0, 0.1) is 0 Å².